The molecule has 1 saturated heterocycles. The summed E-state index contributed by atoms with van der Waals surface area (Å²) in [6.45, 7) is 8.29. The summed E-state index contributed by atoms with van der Waals surface area (Å²) in [6, 6.07) is 2.74. The van der Waals surface area contributed by atoms with E-state index in [1.54, 1.807) is 0 Å². The van der Waals surface area contributed by atoms with Crippen LogP contribution in [0.1, 0.15) is 25.8 Å². The van der Waals surface area contributed by atoms with Crippen LogP contribution in [0.5, 0.6) is 0 Å². The highest BCUT2D eigenvalue weighted by atomic mass is 16.5. The molecule has 0 radical (unpaired) electrons. The molecule has 1 N–H and O–H groups in total. The number of rotatable bonds is 5. The van der Waals surface area contributed by atoms with E-state index in [0.717, 1.165) is 26.3 Å². The zero-order chi connectivity index (χ0) is 11.4. The summed E-state index contributed by atoms with van der Waals surface area (Å²) in [5, 5.41) is 3.58. The van der Waals surface area contributed by atoms with Gasteiger partial charge >= 0.3 is 0 Å². The second-order valence-corrected chi connectivity index (χ2v) is 4.64. The average molecular weight is 222 g/mol. The van der Waals surface area contributed by atoms with E-state index >= 15 is 0 Å². The first-order valence-electron chi connectivity index (χ1n) is 6.25. The van der Waals surface area contributed by atoms with Crippen molar-refractivity contribution < 1.29 is 4.74 Å². The molecule has 2 heterocycles. The fraction of sp³-hybridized carbons (Fsp3) is 0.692. The second-order valence-electron chi connectivity index (χ2n) is 4.64. The van der Waals surface area contributed by atoms with Crippen molar-refractivity contribution in [1.82, 2.24) is 9.88 Å². The second kappa shape index (κ2) is 5.51. The number of nitrogens with one attached hydrogen (secondary N) is 1. The summed E-state index contributed by atoms with van der Waals surface area (Å²) in [6.07, 6.45) is 5.55. The van der Waals surface area contributed by atoms with Crippen molar-refractivity contribution in [3.05, 3.63) is 24.0 Å². The van der Waals surface area contributed by atoms with Crippen LogP contribution in [0.3, 0.4) is 0 Å². The van der Waals surface area contributed by atoms with Crippen LogP contribution in [-0.4, -0.2) is 23.8 Å². The van der Waals surface area contributed by atoms with E-state index in [0.29, 0.717) is 12.0 Å². The Morgan fingerprint density at radius 3 is 3.12 bits per heavy atom. The zero-order valence-electron chi connectivity index (χ0n) is 10.3. The fourth-order valence-corrected chi connectivity index (χ4v) is 2.18. The van der Waals surface area contributed by atoms with Crippen molar-refractivity contribution in [1.29, 1.82) is 0 Å². The quantitative estimate of drug-likeness (QED) is 0.825. The molecule has 0 amide bonds. The molecular weight excluding hydrogens is 200 g/mol. The molecule has 2 unspecified atom stereocenters. The summed E-state index contributed by atoms with van der Waals surface area (Å²) in [5.74, 6) is 0.688. The lowest BCUT2D eigenvalue weighted by molar-refractivity contribution is 0.178. The van der Waals surface area contributed by atoms with Crippen LogP contribution in [0.4, 0.5) is 0 Å². The van der Waals surface area contributed by atoms with Crippen molar-refractivity contribution in [3.8, 4) is 0 Å². The van der Waals surface area contributed by atoms with Crippen LogP contribution in [-0.2, 0) is 17.8 Å². The fourth-order valence-electron chi connectivity index (χ4n) is 2.18. The molecule has 1 aromatic heterocycles. The molecule has 3 nitrogen and oxygen atoms in total. The lowest BCUT2D eigenvalue weighted by Crippen LogP contribution is -2.33. The predicted molar refractivity (Wildman–Crippen MR) is 65.3 cm³/mol. The minimum atomic E-state index is 0.549. The third-order valence-corrected chi connectivity index (χ3v) is 3.48. The van der Waals surface area contributed by atoms with Crippen LogP contribution < -0.4 is 5.32 Å². The molecule has 1 aromatic rings. The molecule has 0 aliphatic carbocycles. The highest BCUT2D eigenvalue weighted by Gasteiger charge is 2.21. The third-order valence-electron chi connectivity index (χ3n) is 3.48. The monoisotopic (exact) mass is 222 g/mol. The number of hydrogen-bond donors (Lipinski definition) is 1. The maximum Gasteiger partial charge on any atom is 0.0509 e. The SMILES string of the molecule is CCn1ccc(CNC(C)C2CCOC2)c1. The van der Waals surface area contributed by atoms with Crippen molar-refractivity contribution in [2.24, 2.45) is 5.92 Å². The minimum Gasteiger partial charge on any atom is -0.381 e. The molecule has 90 valence electrons. The summed E-state index contributed by atoms with van der Waals surface area (Å²) >= 11 is 0. The van der Waals surface area contributed by atoms with Crippen LogP contribution in [0, 0.1) is 5.92 Å². The molecule has 1 aliphatic heterocycles. The minimum absolute atomic E-state index is 0.549. The van der Waals surface area contributed by atoms with Crippen molar-refractivity contribution in [2.45, 2.75) is 39.4 Å². The van der Waals surface area contributed by atoms with Crippen molar-refractivity contribution in [3.63, 3.8) is 0 Å². The van der Waals surface area contributed by atoms with E-state index in [-0.39, 0.29) is 0 Å². The zero-order valence-corrected chi connectivity index (χ0v) is 10.3. The van der Waals surface area contributed by atoms with Gasteiger partial charge in [-0.2, -0.15) is 0 Å². The maximum atomic E-state index is 5.41. The number of aromatic nitrogens is 1. The van der Waals surface area contributed by atoms with Gasteiger partial charge in [0.05, 0.1) is 6.61 Å². The summed E-state index contributed by atoms with van der Waals surface area (Å²) in [4.78, 5) is 0. The van der Waals surface area contributed by atoms with Crippen LogP contribution in [0.25, 0.3) is 0 Å². The first-order valence-corrected chi connectivity index (χ1v) is 6.25. The molecule has 3 heteroatoms. The lowest BCUT2D eigenvalue weighted by Gasteiger charge is -2.18. The predicted octanol–water partition coefficient (Wildman–Crippen LogP) is 2.02. The molecule has 0 aromatic carbocycles. The van der Waals surface area contributed by atoms with Gasteiger partial charge in [-0.3, -0.25) is 0 Å². The van der Waals surface area contributed by atoms with Gasteiger partial charge in [0.15, 0.2) is 0 Å². The van der Waals surface area contributed by atoms with Gasteiger partial charge in [0.1, 0.15) is 0 Å². The standard InChI is InChI=1S/C13H22N2O/c1-3-15-6-4-12(9-15)8-14-11(2)13-5-7-16-10-13/h4,6,9,11,13-14H,3,5,7-8,10H2,1-2H3. The first kappa shape index (κ1) is 11.7. The van der Waals surface area contributed by atoms with Gasteiger partial charge in [-0.1, -0.05) is 0 Å². The first-order chi connectivity index (χ1) is 7.79. The Bertz CT molecular complexity index is 315. The Balaban J connectivity index is 1.77. The van der Waals surface area contributed by atoms with E-state index in [4.69, 9.17) is 4.74 Å². The summed E-state index contributed by atoms with van der Waals surface area (Å²) in [7, 11) is 0. The van der Waals surface area contributed by atoms with Gasteiger partial charge in [-0.25, -0.2) is 0 Å². The molecule has 16 heavy (non-hydrogen) atoms. The number of hydrogen-bond acceptors (Lipinski definition) is 2. The third kappa shape index (κ3) is 2.86. The average Bonchev–Trinajstić information content (AvgIpc) is 2.96. The molecular formula is C13H22N2O. The van der Waals surface area contributed by atoms with E-state index in [1.807, 2.05) is 0 Å². The topological polar surface area (TPSA) is 26.2 Å². The van der Waals surface area contributed by atoms with E-state index < -0.39 is 0 Å². The van der Waals surface area contributed by atoms with Crippen molar-refractivity contribution >= 4 is 0 Å². The Morgan fingerprint density at radius 1 is 1.62 bits per heavy atom. The van der Waals surface area contributed by atoms with Gasteiger partial charge in [-0.15, -0.1) is 0 Å². The smallest absolute Gasteiger partial charge is 0.0509 e. The Kier molecular flexibility index (Phi) is 4.02. The maximum absolute atomic E-state index is 5.41. The summed E-state index contributed by atoms with van der Waals surface area (Å²) < 4.78 is 7.62. The molecule has 1 fully saturated rings. The number of ether oxygens (including phenoxy) is 1. The summed E-state index contributed by atoms with van der Waals surface area (Å²) in [5.41, 5.74) is 1.37. The van der Waals surface area contributed by atoms with Gasteiger partial charge in [0, 0.05) is 38.1 Å². The molecule has 2 atom stereocenters. The lowest BCUT2D eigenvalue weighted by atomic mass is 10.0. The van der Waals surface area contributed by atoms with E-state index in [2.05, 4.69) is 42.2 Å². The Labute approximate surface area is 97.8 Å². The van der Waals surface area contributed by atoms with Crippen molar-refractivity contribution in [2.75, 3.05) is 13.2 Å². The Hall–Kier alpha value is -0.800. The molecule has 2 rings (SSSR count). The van der Waals surface area contributed by atoms with E-state index in [9.17, 15) is 0 Å². The largest absolute Gasteiger partial charge is 0.381 e. The van der Waals surface area contributed by atoms with E-state index in [1.165, 1.54) is 12.0 Å². The van der Waals surface area contributed by atoms with Gasteiger partial charge in [0.2, 0.25) is 0 Å². The van der Waals surface area contributed by atoms with Crippen LogP contribution in [0.15, 0.2) is 18.5 Å². The molecule has 0 spiro atoms. The highest BCUT2D eigenvalue weighted by molar-refractivity contribution is 5.10. The normalized spacial score (nSPS) is 22.5. The van der Waals surface area contributed by atoms with Crippen LogP contribution >= 0.6 is 0 Å². The van der Waals surface area contributed by atoms with Gasteiger partial charge < -0.3 is 14.6 Å². The Morgan fingerprint density at radius 2 is 2.50 bits per heavy atom. The van der Waals surface area contributed by atoms with Gasteiger partial charge in [-0.05, 0) is 37.8 Å². The molecule has 0 saturated carbocycles. The van der Waals surface area contributed by atoms with Gasteiger partial charge in [0.25, 0.3) is 0 Å². The molecule has 1 aliphatic rings. The number of aryl methyl sites for hydroxylation is 1. The van der Waals surface area contributed by atoms with Crippen LogP contribution in [0.2, 0.25) is 0 Å². The highest BCUT2D eigenvalue weighted by Crippen LogP contribution is 2.16. The number of nitrogens with zero attached hydrogens (tertiary/aromatic N) is 1. The molecule has 0 bridgehead atoms.